The summed E-state index contributed by atoms with van der Waals surface area (Å²) < 4.78 is 5.23. The second-order valence-corrected chi connectivity index (χ2v) is 5.88. The Morgan fingerprint density at radius 1 is 1.39 bits per heavy atom. The van der Waals surface area contributed by atoms with Gasteiger partial charge in [-0.2, -0.15) is 0 Å². The number of ether oxygens (including phenoxy) is 1. The maximum Gasteiger partial charge on any atom is 0.336 e. The zero-order valence-corrected chi connectivity index (χ0v) is 13.6. The lowest BCUT2D eigenvalue weighted by Gasteiger charge is -2.31. The highest BCUT2D eigenvalue weighted by molar-refractivity contribution is 5.94. The van der Waals surface area contributed by atoms with Gasteiger partial charge in [0.05, 0.1) is 24.3 Å². The number of aliphatic hydroxyl groups is 1. The lowest BCUT2D eigenvalue weighted by atomic mass is 9.98. The number of allylic oxidation sites excluding steroid dienone is 1. The van der Waals surface area contributed by atoms with E-state index in [-0.39, 0.29) is 23.8 Å². The van der Waals surface area contributed by atoms with E-state index in [1.165, 1.54) is 5.56 Å². The Balaban J connectivity index is 2.07. The molecule has 0 spiro atoms. The first-order chi connectivity index (χ1) is 11.0. The summed E-state index contributed by atoms with van der Waals surface area (Å²) in [5, 5.41) is 9.84. The number of rotatable bonds is 3. The summed E-state index contributed by atoms with van der Waals surface area (Å²) >= 11 is 0. The highest BCUT2D eigenvalue weighted by Gasteiger charge is 2.41. The van der Waals surface area contributed by atoms with E-state index in [0.717, 1.165) is 11.3 Å². The van der Waals surface area contributed by atoms with Crippen LogP contribution in [0.3, 0.4) is 0 Å². The first-order valence-electron chi connectivity index (χ1n) is 7.88. The fraction of sp³-hybridized carbons (Fsp3) is 0.316. The fourth-order valence-corrected chi connectivity index (χ4v) is 3.36. The second kappa shape index (κ2) is 5.95. The normalized spacial score (nSPS) is 22.9. The summed E-state index contributed by atoms with van der Waals surface area (Å²) in [5.74, 6) is -0.147. The van der Waals surface area contributed by atoms with Crippen LogP contribution in [0.15, 0.2) is 59.4 Å². The lowest BCUT2D eigenvalue weighted by molar-refractivity contribution is -0.138. The van der Waals surface area contributed by atoms with Gasteiger partial charge in [0.15, 0.2) is 0 Å². The third kappa shape index (κ3) is 2.65. The minimum atomic E-state index is -0.311. The molecule has 2 aliphatic rings. The molecular formula is C19H21NO3. The molecule has 1 aromatic carbocycles. The smallest absolute Gasteiger partial charge is 0.336 e. The molecule has 1 heterocycles. The largest absolute Gasteiger partial charge is 0.508 e. The van der Waals surface area contributed by atoms with Crippen molar-refractivity contribution in [2.75, 3.05) is 11.5 Å². The summed E-state index contributed by atoms with van der Waals surface area (Å²) in [6.45, 7) is 6.18. The summed E-state index contributed by atoms with van der Waals surface area (Å²) in [4.78, 5) is 14.6. The van der Waals surface area contributed by atoms with Crippen LogP contribution in [0.2, 0.25) is 0 Å². The molecule has 1 aromatic rings. The average Bonchev–Trinajstić information content (AvgIpc) is 2.78. The van der Waals surface area contributed by atoms with E-state index < -0.39 is 0 Å². The van der Waals surface area contributed by atoms with Crippen molar-refractivity contribution < 1.29 is 14.6 Å². The van der Waals surface area contributed by atoms with Crippen LogP contribution in [0.1, 0.15) is 19.4 Å². The molecule has 120 valence electrons. The molecule has 2 unspecified atom stereocenters. The van der Waals surface area contributed by atoms with Gasteiger partial charge in [-0.15, -0.1) is 0 Å². The summed E-state index contributed by atoms with van der Waals surface area (Å²) in [6.07, 6.45) is 5.27. The van der Waals surface area contributed by atoms with Crippen LogP contribution in [0, 0.1) is 6.92 Å². The van der Waals surface area contributed by atoms with Gasteiger partial charge in [-0.05, 0) is 56.2 Å². The van der Waals surface area contributed by atoms with E-state index in [2.05, 4.69) is 11.0 Å². The number of hydrogen-bond donors (Lipinski definition) is 1. The zero-order chi connectivity index (χ0) is 16.6. The van der Waals surface area contributed by atoms with Crippen LogP contribution in [0.4, 0.5) is 5.69 Å². The van der Waals surface area contributed by atoms with Gasteiger partial charge in [0, 0.05) is 5.69 Å². The fourth-order valence-electron chi connectivity index (χ4n) is 3.36. The Morgan fingerprint density at radius 3 is 2.87 bits per heavy atom. The zero-order valence-electron chi connectivity index (χ0n) is 13.6. The van der Waals surface area contributed by atoms with Crippen molar-refractivity contribution in [3.05, 3.63) is 65.0 Å². The molecule has 0 saturated heterocycles. The van der Waals surface area contributed by atoms with Crippen molar-refractivity contribution in [1.29, 1.82) is 0 Å². The Kier molecular flexibility index (Phi) is 3.99. The number of hydrogen-bond acceptors (Lipinski definition) is 4. The molecule has 0 aromatic heterocycles. The molecule has 0 radical (unpaired) electrons. The Hall–Kier alpha value is -2.49. The van der Waals surface area contributed by atoms with Gasteiger partial charge in [-0.1, -0.05) is 18.2 Å². The van der Waals surface area contributed by atoms with Crippen molar-refractivity contribution in [3.63, 3.8) is 0 Å². The van der Waals surface area contributed by atoms with Gasteiger partial charge < -0.3 is 14.7 Å². The van der Waals surface area contributed by atoms with Crippen LogP contribution >= 0.6 is 0 Å². The Bertz CT molecular complexity index is 730. The van der Waals surface area contributed by atoms with Crippen LogP contribution in [0.25, 0.3) is 0 Å². The number of nitrogens with zero attached hydrogens (tertiary/aromatic N) is 1. The maximum absolute atomic E-state index is 12.4. The van der Waals surface area contributed by atoms with Gasteiger partial charge in [-0.3, -0.25) is 0 Å². The SMILES string of the molecule is CCOC(=O)C1=C2C=C(O)C=CC2N(c2cccc(C)c2)C1C. The minimum Gasteiger partial charge on any atom is -0.508 e. The third-order valence-electron chi connectivity index (χ3n) is 4.31. The van der Waals surface area contributed by atoms with Crippen molar-refractivity contribution in [2.24, 2.45) is 0 Å². The number of anilines is 1. The molecule has 0 saturated carbocycles. The van der Waals surface area contributed by atoms with Gasteiger partial charge >= 0.3 is 5.97 Å². The average molecular weight is 311 g/mol. The van der Waals surface area contributed by atoms with Crippen molar-refractivity contribution in [3.8, 4) is 0 Å². The second-order valence-electron chi connectivity index (χ2n) is 5.88. The van der Waals surface area contributed by atoms with E-state index in [1.807, 2.05) is 38.1 Å². The van der Waals surface area contributed by atoms with Crippen molar-refractivity contribution in [2.45, 2.75) is 32.9 Å². The summed E-state index contributed by atoms with van der Waals surface area (Å²) in [7, 11) is 0. The standard InChI is InChI=1S/C19H21NO3/c1-4-23-19(22)18-13(3)20(14-7-5-6-12(2)10-14)17-9-8-15(21)11-16(17)18/h5-11,13,17,21H,4H2,1-3H3. The van der Waals surface area contributed by atoms with E-state index >= 15 is 0 Å². The van der Waals surface area contributed by atoms with Crippen LogP contribution < -0.4 is 4.90 Å². The molecule has 4 heteroatoms. The number of aliphatic hydroxyl groups excluding tert-OH is 1. The van der Waals surface area contributed by atoms with Gasteiger partial charge in [0.1, 0.15) is 5.76 Å². The summed E-state index contributed by atoms with van der Waals surface area (Å²) in [5.41, 5.74) is 3.66. The number of aryl methyl sites for hydroxylation is 1. The Morgan fingerprint density at radius 2 is 2.17 bits per heavy atom. The quantitative estimate of drug-likeness (QED) is 0.869. The molecule has 1 aliphatic carbocycles. The van der Waals surface area contributed by atoms with Crippen molar-refractivity contribution in [1.82, 2.24) is 0 Å². The maximum atomic E-state index is 12.4. The van der Waals surface area contributed by atoms with Crippen LogP contribution in [-0.4, -0.2) is 29.8 Å². The molecule has 23 heavy (non-hydrogen) atoms. The summed E-state index contributed by atoms with van der Waals surface area (Å²) in [6, 6.07) is 8.02. The number of esters is 1. The van der Waals surface area contributed by atoms with E-state index in [9.17, 15) is 9.90 Å². The van der Waals surface area contributed by atoms with E-state index in [1.54, 1.807) is 19.1 Å². The van der Waals surface area contributed by atoms with Gasteiger partial charge in [-0.25, -0.2) is 4.79 Å². The van der Waals surface area contributed by atoms with Crippen LogP contribution in [-0.2, 0) is 9.53 Å². The van der Waals surface area contributed by atoms with E-state index in [0.29, 0.717) is 12.2 Å². The molecule has 4 nitrogen and oxygen atoms in total. The first kappa shape index (κ1) is 15.4. The minimum absolute atomic E-state index is 0.0675. The molecule has 0 bridgehead atoms. The molecular weight excluding hydrogens is 290 g/mol. The topological polar surface area (TPSA) is 49.8 Å². The molecule has 1 N–H and O–H groups in total. The Labute approximate surface area is 136 Å². The number of fused-ring (bicyclic) bond motifs is 1. The molecule has 0 fully saturated rings. The van der Waals surface area contributed by atoms with Gasteiger partial charge in [0.2, 0.25) is 0 Å². The van der Waals surface area contributed by atoms with Gasteiger partial charge in [0.25, 0.3) is 0 Å². The third-order valence-corrected chi connectivity index (χ3v) is 4.31. The highest BCUT2D eigenvalue weighted by Crippen LogP contribution is 2.39. The molecule has 2 atom stereocenters. The number of carbonyl (C=O) groups is 1. The number of benzene rings is 1. The predicted octanol–water partition coefficient (Wildman–Crippen LogP) is 3.44. The lowest BCUT2D eigenvalue weighted by Crippen LogP contribution is -2.37. The monoisotopic (exact) mass is 311 g/mol. The molecule has 0 amide bonds. The predicted molar refractivity (Wildman–Crippen MR) is 90.4 cm³/mol. The van der Waals surface area contributed by atoms with E-state index in [4.69, 9.17) is 4.74 Å². The molecule has 1 aliphatic heterocycles. The molecule has 3 rings (SSSR count). The number of carbonyl (C=O) groups excluding carboxylic acids is 1. The highest BCUT2D eigenvalue weighted by atomic mass is 16.5. The van der Waals surface area contributed by atoms with Crippen LogP contribution in [0.5, 0.6) is 0 Å². The van der Waals surface area contributed by atoms with Crippen molar-refractivity contribution >= 4 is 11.7 Å². The first-order valence-corrected chi connectivity index (χ1v) is 7.88.